The fourth-order valence-electron chi connectivity index (χ4n) is 4.17. The summed E-state index contributed by atoms with van der Waals surface area (Å²) in [5.74, 6) is -0.212. The normalized spacial score (nSPS) is 14.1. The van der Waals surface area contributed by atoms with Crippen molar-refractivity contribution in [2.24, 2.45) is 7.05 Å². The first-order chi connectivity index (χ1) is 14.8. The van der Waals surface area contributed by atoms with Gasteiger partial charge in [0.2, 0.25) is 0 Å². The SMILES string of the molecule is Cc1ccc(C(=O)c2c(C)cn(C)c2C(=O)N2CCN(c3cccc(Cl)c3)CC2)cc1. The van der Waals surface area contributed by atoms with E-state index in [1.54, 1.807) is 4.57 Å². The van der Waals surface area contributed by atoms with Crippen LogP contribution in [0.15, 0.2) is 54.7 Å². The van der Waals surface area contributed by atoms with Gasteiger partial charge in [-0.05, 0) is 37.6 Å². The Bertz CT molecular complexity index is 1130. The van der Waals surface area contributed by atoms with E-state index < -0.39 is 0 Å². The Morgan fingerprint density at radius 2 is 1.61 bits per heavy atom. The van der Waals surface area contributed by atoms with E-state index in [-0.39, 0.29) is 11.7 Å². The number of rotatable bonds is 4. The van der Waals surface area contributed by atoms with Gasteiger partial charge in [0.25, 0.3) is 5.91 Å². The highest BCUT2D eigenvalue weighted by Crippen LogP contribution is 2.25. The lowest BCUT2D eigenvalue weighted by molar-refractivity contribution is 0.0733. The highest BCUT2D eigenvalue weighted by atomic mass is 35.5. The summed E-state index contributed by atoms with van der Waals surface area (Å²) in [5, 5.41) is 0.703. The molecular weight excluding hydrogens is 410 g/mol. The number of amides is 1. The van der Waals surface area contributed by atoms with Gasteiger partial charge in [0, 0.05) is 55.7 Å². The third kappa shape index (κ3) is 4.23. The smallest absolute Gasteiger partial charge is 0.271 e. The van der Waals surface area contributed by atoms with Crippen LogP contribution >= 0.6 is 11.6 Å². The molecule has 1 amide bonds. The van der Waals surface area contributed by atoms with Gasteiger partial charge >= 0.3 is 0 Å². The van der Waals surface area contributed by atoms with Crippen LogP contribution < -0.4 is 4.90 Å². The van der Waals surface area contributed by atoms with Crippen molar-refractivity contribution < 1.29 is 9.59 Å². The van der Waals surface area contributed by atoms with E-state index in [9.17, 15) is 9.59 Å². The summed E-state index contributed by atoms with van der Waals surface area (Å²) in [7, 11) is 1.83. The molecule has 0 aliphatic carbocycles. The third-order valence-corrected chi connectivity index (χ3v) is 6.09. The lowest BCUT2D eigenvalue weighted by Gasteiger charge is -2.36. The van der Waals surface area contributed by atoms with Gasteiger partial charge in [-0.3, -0.25) is 9.59 Å². The zero-order valence-electron chi connectivity index (χ0n) is 18.1. The lowest BCUT2D eigenvalue weighted by Crippen LogP contribution is -2.49. The van der Waals surface area contributed by atoms with Gasteiger partial charge < -0.3 is 14.4 Å². The Labute approximate surface area is 187 Å². The molecule has 160 valence electrons. The Balaban J connectivity index is 1.55. The van der Waals surface area contributed by atoms with Gasteiger partial charge in [0.05, 0.1) is 5.56 Å². The summed E-state index contributed by atoms with van der Waals surface area (Å²) >= 11 is 6.12. The minimum atomic E-state index is -0.112. The van der Waals surface area contributed by atoms with Crippen molar-refractivity contribution in [1.82, 2.24) is 9.47 Å². The molecule has 1 aliphatic heterocycles. The predicted molar refractivity (Wildman–Crippen MR) is 124 cm³/mol. The molecule has 2 heterocycles. The van der Waals surface area contributed by atoms with Crippen LogP contribution in [0.4, 0.5) is 5.69 Å². The van der Waals surface area contributed by atoms with Crippen molar-refractivity contribution in [3.05, 3.63) is 87.7 Å². The zero-order valence-corrected chi connectivity index (χ0v) is 18.8. The van der Waals surface area contributed by atoms with Crippen LogP contribution in [0.1, 0.15) is 37.5 Å². The van der Waals surface area contributed by atoms with Crippen LogP contribution in [0.5, 0.6) is 0 Å². The van der Waals surface area contributed by atoms with Crippen molar-refractivity contribution in [2.75, 3.05) is 31.1 Å². The molecule has 1 fully saturated rings. The molecule has 5 nitrogen and oxygen atoms in total. The number of nitrogens with zero attached hydrogens (tertiary/aromatic N) is 3. The minimum absolute atomic E-state index is 0.100. The molecule has 31 heavy (non-hydrogen) atoms. The average molecular weight is 436 g/mol. The van der Waals surface area contributed by atoms with Crippen LogP contribution in [0.3, 0.4) is 0 Å². The highest BCUT2D eigenvalue weighted by molar-refractivity contribution is 6.30. The molecule has 1 aromatic heterocycles. The van der Waals surface area contributed by atoms with Crippen molar-refractivity contribution in [3.8, 4) is 0 Å². The number of hydrogen-bond donors (Lipinski definition) is 0. The molecule has 4 rings (SSSR count). The molecule has 0 radical (unpaired) electrons. The van der Waals surface area contributed by atoms with Crippen LogP contribution in [0.2, 0.25) is 5.02 Å². The highest BCUT2D eigenvalue weighted by Gasteiger charge is 2.30. The van der Waals surface area contributed by atoms with E-state index in [0.717, 1.165) is 29.9 Å². The van der Waals surface area contributed by atoms with Crippen molar-refractivity contribution >= 4 is 29.0 Å². The number of aryl methyl sites for hydroxylation is 3. The molecule has 0 N–H and O–H groups in total. The zero-order chi connectivity index (χ0) is 22.1. The van der Waals surface area contributed by atoms with E-state index in [2.05, 4.69) is 4.90 Å². The van der Waals surface area contributed by atoms with Crippen LogP contribution in [0.25, 0.3) is 0 Å². The fourth-order valence-corrected chi connectivity index (χ4v) is 4.35. The van der Waals surface area contributed by atoms with Gasteiger partial charge in [-0.15, -0.1) is 0 Å². The van der Waals surface area contributed by atoms with E-state index in [4.69, 9.17) is 11.6 Å². The number of halogens is 1. The predicted octanol–water partition coefficient (Wildman–Crippen LogP) is 4.49. The first-order valence-electron chi connectivity index (χ1n) is 10.4. The van der Waals surface area contributed by atoms with Gasteiger partial charge in [0.1, 0.15) is 5.69 Å². The largest absolute Gasteiger partial charge is 0.368 e. The topological polar surface area (TPSA) is 45.6 Å². The van der Waals surface area contributed by atoms with E-state index in [0.29, 0.717) is 34.9 Å². The Hall–Kier alpha value is -3.05. The Morgan fingerprint density at radius 3 is 2.26 bits per heavy atom. The van der Waals surface area contributed by atoms with Crippen molar-refractivity contribution in [1.29, 1.82) is 0 Å². The summed E-state index contributed by atoms with van der Waals surface area (Å²) < 4.78 is 1.78. The molecular formula is C25H26ClN3O2. The summed E-state index contributed by atoms with van der Waals surface area (Å²) in [4.78, 5) is 30.8. The van der Waals surface area contributed by atoms with E-state index in [1.165, 1.54) is 0 Å². The maximum absolute atomic E-state index is 13.5. The lowest BCUT2D eigenvalue weighted by atomic mass is 9.99. The number of hydrogen-bond acceptors (Lipinski definition) is 3. The number of piperazine rings is 1. The average Bonchev–Trinajstić information content (AvgIpc) is 3.07. The van der Waals surface area contributed by atoms with Crippen LogP contribution in [-0.2, 0) is 7.05 Å². The minimum Gasteiger partial charge on any atom is -0.368 e. The van der Waals surface area contributed by atoms with Gasteiger partial charge in [-0.25, -0.2) is 0 Å². The fraction of sp³-hybridized carbons (Fsp3) is 0.280. The molecule has 0 atom stereocenters. The molecule has 0 bridgehead atoms. The van der Waals surface area contributed by atoms with Gasteiger partial charge in [0.15, 0.2) is 5.78 Å². The first kappa shape index (κ1) is 21.2. The number of aromatic nitrogens is 1. The number of ketones is 1. The Morgan fingerprint density at radius 1 is 0.935 bits per heavy atom. The van der Waals surface area contributed by atoms with Gasteiger partial charge in [-0.2, -0.15) is 0 Å². The first-order valence-corrected chi connectivity index (χ1v) is 10.8. The second-order valence-corrected chi connectivity index (χ2v) is 8.54. The summed E-state index contributed by atoms with van der Waals surface area (Å²) in [5.41, 5.74) is 4.52. The molecule has 3 aromatic rings. The molecule has 0 unspecified atom stereocenters. The second-order valence-electron chi connectivity index (χ2n) is 8.10. The van der Waals surface area contributed by atoms with Crippen LogP contribution in [-0.4, -0.2) is 47.3 Å². The van der Waals surface area contributed by atoms with Crippen molar-refractivity contribution in [2.45, 2.75) is 13.8 Å². The number of benzene rings is 2. The standard InChI is InChI=1S/C25H26ClN3O2/c1-17-7-9-19(10-8-17)24(30)22-18(2)16-27(3)23(22)25(31)29-13-11-28(12-14-29)21-6-4-5-20(26)15-21/h4-10,15-16H,11-14H2,1-3H3. The molecule has 2 aromatic carbocycles. The van der Waals surface area contributed by atoms with Crippen LogP contribution in [0, 0.1) is 13.8 Å². The molecule has 6 heteroatoms. The summed E-state index contributed by atoms with van der Waals surface area (Å²) in [6, 6.07) is 15.2. The quantitative estimate of drug-likeness (QED) is 0.567. The summed E-state index contributed by atoms with van der Waals surface area (Å²) in [6.07, 6.45) is 1.86. The molecule has 1 saturated heterocycles. The van der Waals surface area contributed by atoms with Gasteiger partial charge in [-0.1, -0.05) is 47.5 Å². The number of carbonyl (C=O) groups is 2. The number of anilines is 1. The molecule has 0 spiro atoms. The molecule has 1 aliphatic rings. The number of carbonyl (C=O) groups excluding carboxylic acids is 2. The second kappa shape index (κ2) is 8.60. The Kier molecular flexibility index (Phi) is 5.88. The maximum Gasteiger partial charge on any atom is 0.271 e. The van der Waals surface area contributed by atoms with E-state index >= 15 is 0 Å². The maximum atomic E-state index is 13.5. The third-order valence-electron chi connectivity index (χ3n) is 5.85. The van der Waals surface area contributed by atoms with Crippen molar-refractivity contribution in [3.63, 3.8) is 0 Å². The monoisotopic (exact) mass is 435 g/mol. The summed E-state index contributed by atoms with van der Waals surface area (Å²) in [6.45, 7) is 6.49. The van der Waals surface area contributed by atoms with E-state index in [1.807, 2.05) is 80.5 Å². The molecule has 0 saturated carbocycles.